The fourth-order valence-corrected chi connectivity index (χ4v) is 3.87. The second-order valence-electron chi connectivity index (χ2n) is 6.07. The lowest BCUT2D eigenvalue weighted by molar-refractivity contribution is -0.118. The van der Waals surface area contributed by atoms with Crippen molar-refractivity contribution in [2.45, 2.75) is 31.7 Å². The molecule has 1 aromatic heterocycles. The number of ether oxygens (including phenoxy) is 1. The molecule has 1 unspecified atom stereocenters. The first-order valence-electron chi connectivity index (χ1n) is 7.85. The molecule has 1 aromatic carbocycles. The molecular formula is C16H20N4O4S. The Morgan fingerprint density at radius 1 is 1.36 bits per heavy atom. The second-order valence-corrected chi connectivity index (χ2v) is 7.83. The van der Waals surface area contributed by atoms with Crippen molar-refractivity contribution in [3.8, 4) is 5.75 Å². The molecule has 0 bridgehead atoms. The summed E-state index contributed by atoms with van der Waals surface area (Å²) in [4.78, 5) is 11.4. The van der Waals surface area contributed by atoms with Crippen molar-refractivity contribution in [2.75, 3.05) is 18.5 Å². The Hall–Kier alpha value is -2.39. The quantitative estimate of drug-likeness (QED) is 0.834. The molecule has 2 N–H and O–H groups in total. The fraction of sp³-hybridized carbons (Fsp3) is 0.375. The number of sulfonamides is 1. The highest BCUT2D eigenvalue weighted by Gasteiger charge is 2.21. The predicted molar refractivity (Wildman–Crippen MR) is 92.2 cm³/mol. The van der Waals surface area contributed by atoms with E-state index in [1.165, 1.54) is 18.2 Å². The summed E-state index contributed by atoms with van der Waals surface area (Å²) in [7, 11) is -3.72. The van der Waals surface area contributed by atoms with Crippen LogP contribution < -0.4 is 14.8 Å². The third kappa shape index (κ3) is 3.67. The van der Waals surface area contributed by atoms with Gasteiger partial charge in [0, 0.05) is 12.2 Å². The van der Waals surface area contributed by atoms with Crippen LogP contribution in [-0.4, -0.2) is 37.3 Å². The molecule has 134 valence electrons. The van der Waals surface area contributed by atoms with Crippen LogP contribution in [0.25, 0.3) is 0 Å². The average Bonchev–Trinajstić information content (AvgIpc) is 2.90. The number of benzene rings is 1. The highest BCUT2D eigenvalue weighted by Crippen LogP contribution is 2.30. The number of carbonyl (C=O) groups excluding carboxylic acids is 1. The Morgan fingerprint density at radius 3 is 2.80 bits per heavy atom. The van der Waals surface area contributed by atoms with Crippen molar-refractivity contribution in [1.82, 2.24) is 14.5 Å². The maximum atomic E-state index is 12.5. The molecule has 1 aliphatic heterocycles. The number of amides is 1. The van der Waals surface area contributed by atoms with E-state index in [4.69, 9.17) is 4.74 Å². The standard InChI is InChI=1S/C16H20N4O4S/c1-10-6-11(2)20(19-10)12(3)8-17-25(22,23)13-4-5-15-14(7-13)18-16(21)9-24-15/h4-7,12,17H,8-9H2,1-3H3,(H,18,21). The van der Waals surface area contributed by atoms with Crippen molar-refractivity contribution in [3.63, 3.8) is 0 Å². The highest BCUT2D eigenvalue weighted by atomic mass is 32.2. The molecule has 0 fully saturated rings. The SMILES string of the molecule is Cc1cc(C)n(C(C)CNS(=O)(=O)c2ccc3c(c2)NC(=O)CO3)n1. The molecule has 1 amide bonds. The Balaban J connectivity index is 1.75. The molecule has 3 rings (SSSR count). The van der Waals surface area contributed by atoms with Gasteiger partial charge in [0.1, 0.15) is 5.75 Å². The summed E-state index contributed by atoms with van der Waals surface area (Å²) in [6, 6.07) is 6.18. The van der Waals surface area contributed by atoms with Gasteiger partial charge in [0.15, 0.2) is 6.61 Å². The van der Waals surface area contributed by atoms with Crippen LogP contribution in [0.4, 0.5) is 5.69 Å². The van der Waals surface area contributed by atoms with Crippen molar-refractivity contribution >= 4 is 21.6 Å². The van der Waals surface area contributed by atoms with Crippen molar-refractivity contribution < 1.29 is 17.9 Å². The third-order valence-corrected chi connectivity index (χ3v) is 5.35. The summed E-state index contributed by atoms with van der Waals surface area (Å²) in [5.74, 6) is 0.141. The molecule has 2 aromatic rings. The van der Waals surface area contributed by atoms with Crippen LogP contribution in [0, 0.1) is 13.8 Å². The topological polar surface area (TPSA) is 102 Å². The zero-order chi connectivity index (χ0) is 18.2. The summed E-state index contributed by atoms with van der Waals surface area (Å²) in [5.41, 5.74) is 2.21. The summed E-state index contributed by atoms with van der Waals surface area (Å²) in [5, 5.41) is 6.97. The number of carbonyl (C=O) groups is 1. The molecule has 0 aliphatic carbocycles. The maximum absolute atomic E-state index is 12.5. The predicted octanol–water partition coefficient (Wildman–Crippen LogP) is 1.37. The van der Waals surface area contributed by atoms with Crippen molar-refractivity contribution in [1.29, 1.82) is 0 Å². The number of hydrogen-bond acceptors (Lipinski definition) is 5. The van der Waals surface area contributed by atoms with Gasteiger partial charge in [-0.25, -0.2) is 13.1 Å². The van der Waals surface area contributed by atoms with Crippen LogP contribution in [0.1, 0.15) is 24.4 Å². The van der Waals surface area contributed by atoms with Gasteiger partial charge in [0.2, 0.25) is 10.0 Å². The molecule has 0 spiro atoms. The van der Waals surface area contributed by atoms with E-state index < -0.39 is 10.0 Å². The zero-order valence-electron chi connectivity index (χ0n) is 14.2. The van der Waals surface area contributed by atoms with Gasteiger partial charge in [-0.15, -0.1) is 0 Å². The average molecular weight is 364 g/mol. The minimum atomic E-state index is -3.72. The van der Waals surface area contributed by atoms with E-state index in [0.29, 0.717) is 11.4 Å². The number of nitrogens with one attached hydrogen (secondary N) is 2. The molecular weight excluding hydrogens is 344 g/mol. The minimum absolute atomic E-state index is 0.0672. The lowest BCUT2D eigenvalue weighted by Gasteiger charge is -2.19. The van der Waals surface area contributed by atoms with Crippen LogP contribution in [0.15, 0.2) is 29.2 Å². The van der Waals surface area contributed by atoms with E-state index in [-0.39, 0.29) is 30.0 Å². The van der Waals surface area contributed by atoms with Gasteiger partial charge in [-0.05, 0) is 45.0 Å². The van der Waals surface area contributed by atoms with Gasteiger partial charge in [-0.1, -0.05) is 0 Å². The van der Waals surface area contributed by atoms with Gasteiger partial charge >= 0.3 is 0 Å². The largest absolute Gasteiger partial charge is 0.482 e. The Morgan fingerprint density at radius 2 is 2.12 bits per heavy atom. The summed E-state index contributed by atoms with van der Waals surface area (Å²) in [6.45, 7) is 5.84. The molecule has 0 saturated heterocycles. The van der Waals surface area contributed by atoms with E-state index in [1.54, 1.807) is 4.68 Å². The van der Waals surface area contributed by atoms with E-state index in [0.717, 1.165) is 11.4 Å². The second kappa shape index (κ2) is 6.49. The van der Waals surface area contributed by atoms with Crippen molar-refractivity contribution in [2.24, 2.45) is 0 Å². The van der Waals surface area contributed by atoms with E-state index in [1.807, 2.05) is 26.8 Å². The first-order valence-corrected chi connectivity index (χ1v) is 9.34. The smallest absolute Gasteiger partial charge is 0.262 e. The van der Waals surface area contributed by atoms with Gasteiger partial charge in [-0.2, -0.15) is 5.10 Å². The fourth-order valence-electron chi connectivity index (χ4n) is 2.72. The molecule has 0 saturated carbocycles. The monoisotopic (exact) mass is 364 g/mol. The van der Waals surface area contributed by atoms with E-state index >= 15 is 0 Å². The Labute approximate surface area is 146 Å². The molecule has 1 aliphatic rings. The number of anilines is 1. The Bertz CT molecular complexity index is 920. The van der Waals surface area contributed by atoms with Gasteiger partial charge < -0.3 is 10.1 Å². The molecule has 0 radical (unpaired) electrons. The maximum Gasteiger partial charge on any atom is 0.262 e. The first kappa shape index (κ1) is 17.4. The Kier molecular flexibility index (Phi) is 4.53. The number of rotatable bonds is 5. The van der Waals surface area contributed by atoms with Crippen LogP contribution in [-0.2, 0) is 14.8 Å². The third-order valence-electron chi connectivity index (χ3n) is 3.93. The number of hydrogen-bond donors (Lipinski definition) is 2. The van der Waals surface area contributed by atoms with Gasteiger partial charge in [0.05, 0.1) is 22.3 Å². The lowest BCUT2D eigenvalue weighted by Crippen LogP contribution is -2.31. The van der Waals surface area contributed by atoms with Crippen LogP contribution in [0.2, 0.25) is 0 Å². The zero-order valence-corrected chi connectivity index (χ0v) is 15.1. The van der Waals surface area contributed by atoms with Crippen LogP contribution >= 0.6 is 0 Å². The first-order chi connectivity index (χ1) is 11.8. The number of nitrogens with zero attached hydrogens (tertiary/aromatic N) is 2. The lowest BCUT2D eigenvalue weighted by atomic mass is 10.2. The molecule has 9 heteroatoms. The molecule has 1 atom stereocenters. The summed E-state index contributed by atoms with van der Waals surface area (Å²) < 4.78 is 34.7. The van der Waals surface area contributed by atoms with E-state index in [9.17, 15) is 13.2 Å². The van der Waals surface area contributed by atoms with Crippen molar-refractivity contribution in [3.05, 3.63) is 35.7 Å². The van der Waals surface area contributed by atoms with E-state index in [2.05, 4.69) is 15.1 Å². The van der Waals surface area contributed by atoms with Gasteiger partial charge in [0.25, 0.3) is 5.91 Å². The van der Waals surface area contributed by atoms with Gasteiger partial charge in [-0.3, -0.25) is 9.48 Å². The number of fused-ring (bicyclic) bond motifs is 1. The van der Waals surface area contributed by atoms with Crippen LogP contribution in [0.3, 0.4) is 0 Å². The highest BCUT2D eigenvalue weighted by molar-refractivity contribution is 7.89. The summed E-state index contributed by atoms with van der Waals surface area (Å²) in [6.07, 6.45) is 0. The molecule has 8 nitrogen and oxygen atoms in total. The number of aromatic nitrogens is 2. The minimum Gasteiger partial charge on any atom is -0.482 e. The number of aryl methyl sites for hydroxylation is 2. The van der Waals surface area contributed by atoms with Crippen LogP contribution in [0.5, 0.6) is 5.75 Å². The molecule has 2 heterocycles. The summed E-state index contributed by atoms with van der Waals surface area (Å²) >= 11 is 0. The normalized spacial score (nSPS) is 15.2. The molecule has 25 heavy (non-hydrogen) atoms.